The van der Waals surface area contributed by atoms with Crippen LogP contribution < -0.4 is 15.0 Å². The van der Waals surface area contributed by atoms with E-state index in [9.17, 15) is 14.7 Å². The number of aromatic nitrogens is 2. The maximum absolute atomic E-state index is 12.4. The number of carbonyl (C=O) groups excluding carboxylic acids is 1. The molecule has 8 nitrogen and oxygen atoms in total. The highest BCUT2D eigenvalue weighted by molar-refractivity contribution is 5.91. The van der Waals surface area contributed by atoms with Gasteiger partial charge in [0.05, 0.1) is 20.8 Å². The van der Waals surface area contributed by atoms with E-state index in [1.165, 1.54) is 18.8 Å². The standard InChI is InChI=1S/C19H24N2O6/c1-5-7-11-14-20-17(22)15(19(24)27-6-2)18(23)21(14)16-12(25-3)9-8-10-13(16)26-4/h8-10,23H,5-7,11H2,1-4H3. The fourth-order valence-corrected chi connectivity index (χ4v) is 2.72. The van der Waals surface area contributed by atoms with Gasteiger partial charge in [-0.15, -0.1) is 0 Å². The lowest BCUT2D eigenvalue weighted by molar-refractivity contribution is 0.0519. The fraction of sp³-hybridized carbons (Fsp3) is 0.421. The van der Waals surface area contributed by atoms with Crippen molar-refractivity contribution >= 4 is 5.97 Å². The molecule has 2 rings (SSSR count). The zero-order valence-electron chi connectivity index (χ0n) is 15.9. The average Bonchev–Trinajstić information content (AvgIpc) is 2.66. The summed E-state index contributed by atoms with van der Waals surface area (Å²) in [5.41, 5.74) is -1.00. The molecule has 0 aliphatic rings. The van der Waals surface area contributed by atoms with E-state index in [2.05, 4.69) is 4.98 Å². The highest BCUT2D eigenvalue weighted by Gasteiger charge is 2.27. The molecule has 0 bridgehead atoms. The molecule has 0 radical (unpaired) electrons. The molecule has 1 N–H and O–H groups in total. The van der Waals surface area contributed by atoms with Gasteiger partial charge in [0.25, 0.3) is 5.56 Å². The molecule has 0 saturated carbocycles. The van der Waals surface area contributed by atoms with Gasteiger partial charge < -0.3 is 19.3 Å². The molecule has 0 saturated heterocycles. The number of hydrogen-bond acceptors (Lipinski definition) is 7. The Kier molecular flexibility index (Phi) is 6.81. The quantitative estimate of drug-likeness (QED) is 0.707. The third-order valence-corrected chi connectivity index (χ3v) is 4.00. The van der Waals surface area contributed by atoms with Crippen molar-refractivity contribution < 1.29 is 24.1 Å². The van der Waals surface area contributed by atoms with E-state index in [-0.39, 0.29) is 6.61 Å². The summed E-state index contributed by atoms with van der Waals surface area (Å²) in [6.07, 6.45) is 2.02. The predicted molar refractivity (Wildman–Crippen MR) is 99.2 cm³/mol. The van der Waals surface area contributed by atoms with Gasteiger partial charge in [0.15, 0.2) is 5.56 Å². The number of esters is 1. The molecular formula is C19H24N2O6. The van der Waals surface area contributed by atoms with Crippen molar-refractivity contribution in [2.45, 2.75) is 33.1 Å². The molecule has 0 fully saturated rings. The lowest BCUT2D eigenvalue weighted by Crippen LogP contribution is -2.26. The number of rotatable bonds is 8. The summed E-state index contributed by atoms with van der Waals surface area (Å²) in [6.45, 7) is 3.67. The zero-order valence-corrected chi connectivity index (χ0v) is 15.9. The highest BCUT2D eigenvalue weighted by atomic mass is 16.5. The van der Waals surface area contributed by atoms with Crippen LogP contribution in [0.3, 0.4) is 0 Å². The molecule has 0 atom stereocenters. The number of carbonyl (C=O) groups is 1. The Hall–Kier alpha value is -3.03. The van der Waals surface area contributed by atoms with E-state index >= 15 is 0 Å². The minimum atomic E-state index is -0.933. The van der Waals surface area contributed by atoms with Crippen LogP contribution in [0.2, 0.25) is 0 Å². The van der Waals surface area contributed by atoms with Gasteiger partial charge in [0, 0.05) is 6.42 Å². The van der Waals surface area contributed by atoms with Crippen LogP contribution in [0.1, 0.15) is 42.9 Å². The second kappa shape index (κ2) is 9.07. The molecule has 0 amide bonds. The largest absolute Gasteiger partial charge is 0.494 e. The van der Waals surface area contributed by atoms with Crippen LogP contribution in [0.15, 0.2) is 23.0 Å². The first-order valence-corrected chi connectivity index (χ1v) is 8.73. The summed E-state index contributed by atoms with van der Waals surface area (Å²) in [5, 5.41) is 10.9. The first-order chi connectivity index (χ1) is 13.0. The number of para-hydroxylation sites is 1. The van der Waals surface area contributed by atoms with Gasteiger partial charge in [0.2, 0.25) is 5.88 Å². The average molecular weight is 376 g/mol. The Morgan fingerprint density at radius 3 is 2.33 bits per heavy atom. The minimum Gasteiger partial charge on any atom is -0.494 e. The number of methoxy groups -OCH3 is 2. The molecule has 146 valence electrons. The van der Waals surface area contributed by atoms with E-state index in [4.69, 9.17) is 14.2 Å². The molecule has 0 unspecified atom stereocenters. The maximum atomic E-state index is 12.4. The van der Waals surface area contributed by atoms with Gasteiger partial charge in [-0.1, -0.05) is 19.4 Å². The van der Waals surface area contributed by atoms with E-state index in [0.29, 0.717) is 29.4 Å². The van der Waals surface area contributed by atoms with Crippen LogP contribution >= 0.6 is 0 Å². The van der Waals surface area contributed by atoms with Gasteiger partial charge in [-0.25, -0.2) is 4.79 Å². The van der Waals surface area contributed by atoms with Gasteiger partial charge in [-0.3, -0.25) is 9.36 Å². The van der Waals surface area contributed by atoms with Gasteiger partial charge in [-0.2, -0.15) is 4.98 Å². The van der Waals surface area contributed by atoms with Crippen molar-refractivity contribution in [1.82, 2.24) is 9.55 Å². The van der Waals surface area contributed by atoms with E-state index < -0.39 is 23.0 Å². The molecule has 0 spiro atoms. The van der Waals surface area contributed by atoms with Gasteiger partial charge >= 0.3 is 5.97 Å². The van der Waals surface area contributed by atoms with Crippen molar-refractivity contribution in [2.75, 3.05) is 20.8 Å². The number of aromatic hydroxyl groups is 1. The van der Waals surface area contributed by atoms with Crippen LogP contribution in [0, 0.1) is 0 Å². The van der Waals surface area contributed by atoms with Crippen LogP contribution in [0.4, 0.5) is 0 Å². The third-order valence-electron chi connectivity index (χ3n) is 4.00. The minimum absolute atomic E-state index is 0.0628. The highest BCUT2D eigenvalue weighted by Crippen LogP contribution is 2.36. The molecule has 2 aromatic rings. The molecule has 0 aliphatic carbocycles. The Labute approximate surface area is 157 Å². The molecule has 27 heavy (non-hydrogen) atoms. The molecule has 1 heterocycles. The molecular weight excluding hydrogens is 352 g/mol. The normalized spacial score (nSPS) is 10.5. The first kappa shape index (κ1) is 20.3. The van der Waals surface area contributed by atoms with Crippen molar-refractivity contribution in [3.05, 3.63) is 39.9 Å². The number of hydrogen-bond donors (Lipinski definition) is 1. The van der Waals surface area contributed by atoms with Crippen molar-refractivity contribution in [1.29, 1.82) is 0 Å². The van der Waals surface area contributed by atoms with Crippen LogP contribution in [-0.2, 0) is 11.2 Å². The van der Waals surface area contributed by atoms with Crippen LogP contribution in [0.25, 0.3) is 5.69 Å². The summed E-state index contributed by atoms with van der Waals surface area (Å²) in [7, 11) is 2.95. The summed E-state index contributed by atoms with van der Waals surface area (Å²) in [4.78, 5) is 28.6. The monoisotopic (exact) mass is 376 g/mol. The number of unbranched alkanes of at least 4 members (excludes halogenated alkanes) is 1. The smallest absolute Gasteiger partial charge is 0.349 e. The SMILES string of the molecule is CCCCc1nc(=O)c(C(=O)OCC)c(O)n1-c1c(OC)cccc1OC. The van der Waals surface area contributed by atoms with E-state index in [0.717, 1.165) is 12.8 Å². The number of aryl methyl sites for hydroxylation is 1. The molecule has 8 heteroatoms. The summed E-state index contributed by atoms with van der Waals surface area (Å²) in [5.74, 6) is -0.403. The number of benzene rings is 1. The second-order valence-electron chi connectivity index (χ2n) is 5.70. The zero-order chi connectivity index (χ0) is 20.0. The summed E-state index contributed by atoms with van der Waals surface area (Å²) in [6, 6.07) is 5.10. The molecule has 1 aromatic carbocycles. The topological polar surface area (TPSA) is 99.9 Å². The predicted octanol–water partition coefficient (Wildman–Crippen LogP) is 2.47. The number of nitrogens with zero attached hydrogens (tertiary/aromatic N) is 2. The Morgan fingerprint density at radius 2 is 1.81 bits per heavy atom. The fourth-order valence-electron chi connectivity index (χ4n) is 2.72. The lowest BCUT2D eigenvalue weighted by Gasteiger charge is -2.20. The summed E-state index contributed by atoms with van der Waals surface area (Å²) >= 11 is 0. The van der Waals surface area contributed by atoms with Crippen LogP contribution in [-0.4, -0.2) is 41.5 Å². The van der Waals surface area contributed by atoms with Crippen molar-refractivity contribution in [3.63, 3.8) is 0 Å². The third kappa shape index (κ3) is 4.05. The van der Waals surface area contributed by atoms with Crippen LogP contribution in [0.5, 0.6) is 17.4 Å². The Balaban J connectivity index is 2.86. The number of ether oxygens (including phenoxy) is 3. The van der Waals surface area contributed by atoms with Crippen molar-refractivity contribution in [2.24, 2.45) is 0 Å². The molecule has 1 aromatic heterocycles. The van der Waals surface area contributed by atoms with Gasteiger partial charge in [-0.05, 0) is 25.5 Å². The van der Waals surface area contributed by atoms with E-state index in [1.54, 1.807) is 25.1 Å². The Morgan fingerprint density at radius 1 is 1.19 bits per heavy atom. The maximum Gasteiger partial charge on any atom is 0.349 e. The second-order valence-corrected chi connectivity index (χ2v) is 5.70. The van der Waals surface area contributed by atoms with Gasteiger partial charge in [0.1, 0.15) is 23.0 Å². The molecule has 0 aliphatic heterocycles. The van der Waals surface area contributed by atoms with Crippen molar-refractivity contribution in [3.8, 4) is 23.1 Å². The van der Waals surface area contributed by atoms with E-state index in [1.807, 2.05) is 6.92 Å². The first-order valence-electron chi connectivity index (χ1n) is 8.73. The Bertz CT molecular complexity index is 853. The lowest BCUT2D eigenvalue weighted by atomic mass is 10.2. The summed E-state index contributed by atoms with van der Waals surface area (Å²) < 4.78 is 17.0.